The Hall–Kier alpha value is -1.72. The van der Waals surface area contributed by atoms with Crippen molar-refractivity contribution >= 4 is 11.7 Å². The summed E-state index contributed by atoms with van der Waals surface area (Å²) in [4.78, 5) is 13.2. The zero-order chi connectivity index (χ0) is 13.3. The van der Waals surface area contributed by atoms with E-state index in [2.05, 4.69) is 5.32 Å². The Morgan fingerprint density at radius 2 is 1.83 bits per heavy atom. The van der Waals surface area contributed by atoms with Crippen molar-refractivity contribution in [3.8, 4) is 0 Å². The number of nitrogens with one attached hydrogen (secondary N) is 1. The fourth-order valence-electron chi connectivity index (χ4n) is 1.58. The second-order valence-corrected chi connectivity index (χ2v) is 4.35. The summed E-state index contributed by atoms with van der Waals surface area (Å²) in [7, 11) is 1.68. The number of anilines is 1. The number of carbonyl (C=O) groups is 1. The molecule has 0 saturated heterocycles. The summed E-state index contributed by atoms with van der Waals surface area (Å²) in [5.74, 6) is 0. The molecule has 0 bridgehead atoms. The van der Waals surface area contributed by atoms with Crippen molar-refractivity contribution in [3.63, 3.8) is 0 Å². The Kier molecular flexibility index (Phi) is 3.19. The monoisotopic (exact) mass is 258 g/mol. The van der Waals surface area contributed by atoms with Crippen LogP contribution in [0.4, 0.5) is 23.7 Å². The van der Waals surface area contributed by atoms with Crippen LogP contribution in [-0.2, 0) is 6.18 Å². The highest BCUT2D eigenvalue weighted by Gasteiger charge is 2.31. The van der Waals surface area contributed by atoms with Crippen LogP contribution >= 0.6 is 0 Å². The van der Waals surface area contributed by atoms with Gasteiger partial charge in [-0.2, -0.15) is 13.2 Å². The van der Waals surface area contributed by atoms with Crippen LogP contribution in [0.25, 0.3) is 0 Å². The summed E-state index contributed by atoms with van der Waals surface area (Å²) >= 11 is 0. The van der Waals surface area contributed by atoms with Gasteiger partial charge in [0.05, 0.1) is 5.56 Å². The van der Waals surface area contributed by atoms with Crippen molar-refractivity contribution in [3.05, 3.63) is 29.8 Å². The van der Waals surface area contributed by atoms with Gasteiger partial charge in [-0.15, -0.1) is 0 Å². The SMILES string of the molecule is CN(C(=O)Nc1ccc(C(F)(F)F)cc1)C1CC1. The molecule has 1 fully saturated rings. The molecule has 0 unspecified atom stereocenters. The van der Waals surface area contributed by atoms with Crippen molar-refractivity contribution in [1.82, 2.24) is 4.90 Å². The van der Waals surface area contributed by atoms with Crippen molar-refractivity contribution in [1.29, 1.82) is 0 Å². The van der Waals surface area contributed by atoms with Crippen LogP contribution in [0.5, 0.6) is 0 Å². The molecule has 6 heteroatoms. The van der Waals surface area contributed by atoms with E-state index >= 15 is 0 Å². The zero-order valence-corrected chi connectivity index (χ0v) is 9.79. The summed E-state index contributed by atoms with van der Waals surface area (Å²) in [6, 6.07) is 4.37. The molecule has 1 aromatic rings. The lowest BCUT2D eigenvalue weighted by Crippen LogP contribution is -2.33. The summed E-state index contributed by atoms with van der Waals surface area (Å²) < 4.78 is 37.0. The zero-order valence-electron chi connectivity index (χ0n) is 9.79. The minimum atomic E-state index is -4.35. The molecule has 0 radical (unpaired) electrons. The minimum Gasteiger partial charge on any atom is -0.325 e. The van der Waals surface area contributed by atoms with Gasteiger partial charge >= 0.3 is 12.2 Å². The molecule has 0 heterocycles. The highest BCUT2D eigenvalue weighted by Crippen LogP contribution is 2.30. The fraction of sp³-hybridized carbons (Fsp3) is 0.417. The topological polar surface area (TPSA) is 32.3 Å². The van der Waals surface area contributed by atoms with E-state index in [1.54, 1.807) is 11.9 Å². The third-order valence-electron chi connectivity index (χ3n) is 2.88. The number of amides is 2. The molecule has 0 spiro atoms. The van der Waals surface area contributed by atoms with Gasteiger partial charge < -0.3 is 10.2 Å². The highest BCUT2D eigenvalue weighted by molar-refractivity contribution is 5.89. The number of halogens is 3. The number of hydrogen-bond donors (Lipinski definition) is 1. The average molecular weight is 258 g/mol. The summed E-state index contributed by atoms with van der Waals surface area (Å²) in [5.41, 5.74) is -0.364. The Balaban J connectivity index is 1.99. The molecular formula is C12H13F3N2O. The van der Waals surface area contributed by atoms with Gasteiger partial charge in [-0.25, -0.2) is 4.79 Å². The van der Waals surface area contributed by atoms with Crippen LogP contribution in [0.2, 0.25) is 0 Å². The number of benzene rings is 1. The van der Waals surface area contributed by atoms with E-state index in [-0.39, 0.29) is 12.1 Å². The molecule has 18 heavy (non-hydrogen) atoms. The van der Waals surface area contributed by atoms with E-state index in [0.717, 1.165) is 25.0 Å². The van der Waals surface area contributed by atoms with Gasteiger partial charge in [-0.1, -0.05) is 0 Å². The molecule has 1 saturated carbocycles. The third kappa shape index (κ3) is 2.94. The lowest BCUT2D eigenvalue weighted by atomic mass is 10.2. The van der Waals surface area contributed by atoms with E-state index in [4.69, 9.17) is 0 Å². The lowest BCUT2D eigenvalue weighted by Gasteiger charge is -2.17. The Morgan fingerprint density at radius 1 is 1.28 bits per heavy atom. The first-order valence-electron chi connectivity index (χ1n) is 5.59. The van der Waals surface area contributed by atoms with E-state index in [9.17, 15) is 18.0 Å². The first-order chi connectivity index (χ1) is 8.38. The van der Waals surface area contributed by atoms with Gasteiger partial charge in [0.25, 0.3) is 0 Å². The van der Waals surface area contributed by atoms with E-state index in [1.807, 2.05) is 0 Å². The normalized spacial score (nSPS) is 15.3. The Morgan fingerprint density at radius 3 is 2.28 bits per heavy atom. The molecule has 1 aromatic carbocycles. The van der Waals surface area contributed by atoms with Crippen LogP contribution in [0.15, 0.2) is 24.3 Å². The number of nitrogens with zero attached hydrogens (tertiary/aromatic N) is 1. The second-order valence-electron chi connectivity index (χ2n) is 4.35. The Labute approximate surface area is 103 Å². The number of rotatable bonds is 2. The van der Waals surface area contributed by atoms with Crippen LogP contribution in [-0.4, -0.2) is 24.0 Å². The molecule has 2 rings (SSSR count). The standard InChI is InChI=1S/C12H13F3N2O/c1-17(10-6-7-10)11(18)16-9-4-2-8(3-5-9)12(13,14)15/h2-5,10H,6-7H2,1H3,(H,16,18). The van der Waals surface area contributed by atoms with Crippen LogP contribution < -0.4 is 5.32 Å². The van der Waals surface area contributed by atoms with Gasteiger partial charge in [0, 0.05) is 18.8 Å². The predicted octanol–water partition coefficient (Wildman–Crippen LogP) is 3.33. The maximum atomic E-state index is 12.3. The Bertz CT molecular complexity index is 438. The molecule has 2 amide bonds. The van der Waals surface area contributed by atoms with Gasteiger partial charge in [0.2, 0.25) is 0 Å². The summed E-state index contributed by atoms with van der Waals surface area (Å²) in [6.45, 7) is 0. The minimum absolute atomic E-state index is 0.263. The van der Waals surface area contributed by atoms with E-state index < -0.39 is 11.7 Å². The second kappa shape index (κ2) is 4.51. The van der Waals surface area contributed by atoms with Crippen LogP contribution in [0.1, 0.15) is 18.4 Å². The third-order valence-corrected chi connectivity index (χ3v) is 2.88. The first-order valence-corrected chi connectivity index (χ1v) is 5.59. The van der Waals surface area contributed by atoms with Gasteiger partial charge in [-0.05, 0) is 37.1 Å². The number of urea groups is 1. The molecular weight excluding hydrogens is 245 g/mol. The summed E-state index contributed by atoms with van der Waals surface area (Å²) in [5, 5.41) is 2.56. The maximum Gasteiger partial charge on any atom is 0.416 e. The predicted molar refractivity (Wildman–Crippen MR) is 61.2 cm³/mol. The van der Waals surface area contributed by atoms with E-state index in [1.165, 1.54) is 12.1 Å². The number of hydrogen-bond acceptors (Lipinski definition) is 1. The largest absolute Gasteiger partial charge is 0.416 e. The molecule has 1 aliphatic rings. The van der Waals surface area contributed by atoms with Gasteiger partial charge in [0.1, 0.15) is 0 Å². The van der Waals surface area contributed by atoms with Gasteiger partial charge in [0.15, 0.2) is 0 Å². The van der Waals surface area contributed by atoms with Crippen molar-refractivity contribution in [2.75, 3.05) is 12.4 Å². The van der Waals surface area contributed by atoms with E-state index in [0.29, 0.717) is 5.69 Å². The first kappa shape index (κ1) is 12.7. The fourth-order valence-corrected chi connectivity index (χ4v) is 1.58. The quantitative estimate of drug-likeness (QED) is 0.867. The molecule has 1 N–H and O–H groups in total. The van der Waals surface area contributed by atoms with Crippen molar-refractivity contribution in [2.24, 2.45) is 0 Å². The molecule has 3 nitrogen and oxygen atoms in total. The maximum absolute atomic E-state index is 12.3. The number of alkyl halides is 3. The van der Waals surface area contributed by atoms with Crippen LogP contribution in [0, 0.1) is 0 Å². The molecule has 0 atom stereocenters. The average Bonchev–Trinajstić information content (AvgIpc) is 3.11. The van der Waals surface area contributed by atoms with Crippen molar-refractivity contribution in [2.45, 2.75) is 25.1 Å². The number of carbonyl (C=O) groups excluding carboxylic acids is 1. The molecule has 0 aliphatic heterocycles. The smallest absolute Gasteiger partial charge is 0.325 e. The molecule has 0 aromatic heterocycles. The van der Waals surface area contributed by atoms with Crippen molar-refractivity contribution < 1.29 is 18.0 Å². The molecule has 98 valence electrons. The summed E-state index contributed by atoms with van der Waals surface area (Å²) in [6.07, 6.45) is -2.39. The molecule has 1 aliphatic carbocycles. The lowest BCUT2D eigenvalue weighted by molar-refractivity contribution is -0.137. The highest BCUT2D eigenvalue weighted by atomic mass is 19.4. The van der Waals surface area contributed by atoms with Crippen LogP contribution in [0.3, 0.4) is 0 Å². The van der Waals surface area contributed by atoms with Gasteiger partial charge in [-0.3, -0.25) is 0 Å².